The molecular weight excluding hydrogens is 126 g/mol. The summed E-state index contributed by atoms with van der Waals surface area (Å²) in [7, 11) is 1.74. The summed E-state index contributed by atoms with van der Waals surface area (Å²) in [5, 5.41) is 0. The number of hydrogen-bond acceptors (Lipinski definition) is 2. The van der Waals surface area contributed by atoms with Crippen LogP contribution in [0.15, 0.2) is 0 Å². The van der Waals surface area contributed by atoms with Crippen molar-refractivity contribution in [1.82, 2.24) is 0 Å². The number of hydrogen-bond donors (Lipinski definition) is 1. The molecule has 0 aromatic heterocycles. The van der Waals surface area contributed by atoms with Gasteiger partial charge in [0.2, 0.25) is 0 Å². The molecule has 0 bridgehead atoms. The molecule has 62 valence electrons. The van der Waals surface area contributed by atoms with E-state index in [0.29, 0.717) is 0 Å². The van der Waals surface area contributed by atoms with Crippen LogP contribution in [0.5, 0.6) is 0 Å². The van der Waals surface area contributed by atoms with Crippen molar-refractivity contribution in [2.75, 3.05) is 7.11 Å². The molecule has 0 saturated heterocycles. The first kappa shape index (κ1) is 9.92. The molecule has 1 atom stereocenters. The van der Waals surface area contributed by atoms with E-state index < -0.39 is 0 Å². The highest BCUT2D eigenvalue weighted by atomic mass is 16.5. The Bertz CT molecular complexity index is 89.3. The van der Waals surface area contributed by atoms with Crippen molar-refractivity contribution in [2.24, 2.45) is 5.73 Å². The van der Waals surface area contributed by atoms with Gasteiger partial charge in [-0.3, -0.25) is 0 Å². The Morgan fingerprint density at radius 3 is 2.30 bits per heavy atom. The smallest absolute Gasteiger partial charge is 0.0623 e. The monoisotopic (exact) mass is 145 g/mol. The zero-order valence-electron chi connectivity index (χ0n) is 7.48. The van der Waals surface area contributed by atoms with E-state index >= 15 is 0 Å². The molecule has 0 aliphatic heterocycles. The Balaban J connectivity index is 3.46. The molecule has 0 saturated carbocycles. The van der Waals surface area contributed by atoms with Crippen LogP contribution in [0, 0.1) is 0 Å². The summed E-state index contributed by atoms with van der Waals surface area (Å²) < 4.78 is 5.23. The van der Waals surface area contributed by atoms with Crippen molar-refractivity contribution in [3.63, 3.8) is 0 Å². The average molecular weight is 145 g/mol. The van der Waals surface area contributed by atoms with Crippen LogP contribution in [-0.4, -0.2) is 18.8 Å². The zero-order chi connectivity index (χ0) is 8.20. The molecule has 2 heteroatoms. The minimum Gasteiger partial charge on any atom is -0.379 e. The third-order valence-electron chi connectivity index (χ3n) is 1.75. The van der Waals surface area contributed by atoms with E-state index in [9.17, 15) is 0 Å². The van der Waals surface area contributed by atoms with Gasteiger partial charge in [-0.2, -0.15) is 0 Å². The molecule has 0 heterocycles. The number of nitrogens with two attached hydrogens (primary N) is 1. The number of ether oxygens (including phenoxy) is 1. The van der Waals surface area contributed by atoms with E-state index in [1.807, 2.05) is 6.92 Å². The second-order valence-corrected chi connectivity index (χ2v) is 3.48. The Labute approximate surface area is 63.7 Å². The van der Waals surface area contributed by atoms with Gasteiger partial charge in [-0.1, -0.05) is 0 Å². The first-order valence-corrected chi connectivity index (χ1v) is 3.78. The highest BCUT2D eigenvalue weighted by Crippen LogP contribution is 2.15. The number of methoxy groups -OCH3 is 1. The Hall–Kier alpha value is -0.0800. The molecule has 0 rings (SSSR count). The molecule has 0 amide bonds. The molecule has 0 radical (unpaired) electrons. The van der Waals surface area contributed by atoms with Crippen molar-refractivity contribution < 1.29 is 4.74 Å². The van der Waals surface area contributed by atoms with Gasteiger partial charge in [-0.15, -0.1) is 0 Å². The largest absolute Gasteiger partial charge is 0.379 e. The summed E-state index contributed by atoms with van der Waals surface area (Å²) in [4.78, 5) is 0. The third kappa shape index (κ3) is 4.77. The fourth-order valence-electron chi connectivity index (χ4n) is 0.677. The van der Waals surface area contributed by atoms with Gasteiger partial charge in [0, 0.05) is 13.2 Å². The van der Waals surface area contributed by atoms with Gasteiger partial charge in [-0.25, -0.2) is 0 Å². The lowest BCUT2D eigenvalue weighted by atomic mass is 10.00. The Morgan fingerprint density at radius 2 is 2.00 bits per heavy atom. The Kier molecular flexibility index (Phi) is 3.91. The van der Waals surface area contributed by atoms with E-state index in [0.717, 1.165) is 12.8 Å². The highest BCUT2D eigenvalue weighted by Gasteiger charge is 2.15. The molecule has 0 unspecified atom stereocenters. The summed E-state index contributed by atoms with van der Waals surface area (Å²) in [6.07, 6.45) is 2.06. The van der Waals surface area contributed by atoms with Crippen molar-refractivity contribution in [3.05, 3.63) is 0 Å². The van der Waals surface area contributed by atoms with Crippen LogP contribution >= 0.6 is 0 Å². The van der Waals surface area contributed by atoms with Crippen molar-refractivity contribution in [1.29, 1.82) is 0 Å². The van der Waals surface area contributed by atoms with Crippen LogP contribution in [-0.2, 0) is 4.74 Å². The minimum atomic E-state index is -0.00632. The summed E-state index contributed by atoms with van der Waals surface area (Å²) in [5.74, 6) is 0. The quantitative estimate of drug-likeness (QED) is 0.651. The molecule has 0 fully saturated rings. The van der Waals surface area contributed by atoms with Gasteiger partial charge < -0.3 is 10.5 Å². The van der Waals surface area contributed by atoms with Gasteiger partial charge in [0.05, 0.1) is 5.60 Å². The second-order valence-electron chi connectivity index (χ2n) is 3.48. The maximum absolute atomic E-state index is 5.60. The summed E-state index contributed by atoms with van der Waals surface area (Å²) in [5.41, 5.74) is 5.59. The summed E-state index contributed by atoms with van der Waals surface area (Å²) in [6.45, 7) is 6.18. The van der Waals surface area contributed by atoms with Crippen LogP contribution in [0.25, 0.3) is 0 Å². The predicted molar refractivity (Wildman–Crippen MR) is 44.0 cm³/mol. The van der Waals surface area contributed by atoms with Gasteiger partial charge >= 0.3 is 0 Å². The molecule has 10 heavy (non-hydrogen) atoms. The second kappa shape index (κ2) is 3.94. The van der Waals surface area contributed by atoms with Crippen molar-refractivity contribution in [3.8, 4) is 0 Å². The average Bonchev–Trinajstić information content (AvgIpc) is 1.85. The molecule has 0 spiro atoms. The summed E-state index contributed by atoms with van der Waals surface area (Å²) in [6, 6.07) is 0.287. The van der Waals surface area contributed by atoms with Crippen molar-refractivity contribution in [2.45, 2.75) is 45.3 Å². The van der Waals surface area contributed by atoms with E-state index in [-0.39, 0.29) is 11.6 Å². The first-order valence-electron chi connectivity index (χ1n) is 3.78. The lowest BCUT2D eigenvalue weighted by Crippen LogP contribution is -2.26. The van der Waals surface area contributed by atoms with E-state index in [1.165, 1.54) is 0 Å². The molecule has 0 aliphatic carbocycles. The summed E-state index contributed by atoms with van der Waals surface area (Å²) >= 11 is 0. The SMILES string of the molecule is COC(C)(C)CC[C@H](C)N. The molecule has 0 aromatic rings. The van der Waals surface area contributed by atoms with Crippen LogP contribution in [0.3, 0.4) is 0 Å². The predicted octanol–water partition coefficient (Wildman–Crippen LogP) is 1.54. The minimum absolute atomic E-state index is 0.00632. The van der Waals surface area contributed by atoms with E-state index in [1.54, 1.807) is 7.11 Å². The molecule has 2 N–H and O–H groups in total. The maximum Gasteiger partial charge on any atom is 0.0623 e. The lowest BCUT2D eigenvalue weighted by molar-refractivity contribution is 0.0128. The third-order valence-corrected chi connectivity index (χ3v) is 1.75. The van der Waals surface area contributed by atoms with Gasteiger partial charge in [0.1, 0.15) is 0 Å². The van der Waals surface area contributed by atoms with E-state index in [4.69, 9.17) is 10.5 Å². The van der Waals surface area contributed by atoms with Crippen LogP contribution in [0.1, 0.15) is 33.6 Å². The lowest BCUT2D eigenvalue weighted by Gasteiger charge is -2.23. The standard InChI is InChI=1S/C8H19NO/c1-7(9)5-6-8(2,3)10-4/h7H,5-6,9H2,1-4H3/t7-/m0/s1. The molecule has 0 aliphatic rings. The zero-order valence-corrected chi connectivity index (χ0v) is 7.48. The normalized spacial score (nSPS) is 15.3. The van der Waals surface area contributed by atoms with Gasteiger partial charge in [0.25, 0.3) is 0 Å². The molecule has 2 nitrogen and oxygen atoms in total. The number of rotatable bonds is 4. The van der Waals surface area contributed by atoms with Gasteiger partial charge in [-0.05, 0) is 33.6 Å². The van der Waals surface area contributed by atoms with Gasteiger partial charge in [0.15, 0.2) is 0 Å². The topological polar surface area (TPSA) is 35.2 Å². The van der Waals surface area contributed by atoms with Crippen LogP contribution in [0.2, 0.25) is 0 Å². The van der Waals surface area contributed by atoms with Crippen molar-refractivity contribution >= 4 is 0 Å². The molecular formula is C8H19NO. The van der Waals surface area contributed by atoms with Crippen LogP contribution < -0.4 is 5.73 Å². The highest BCUT2D eigenvalue weighted by molar-refractivity contribution is 4.69. The first-order chi connectivity index (χ1) is 4.48. The van der Waals surface area contributed by atoms with E-state index in [2.05, 4.69) is 13.8 Å². The molecule has 0 aromatic carbocycles. The maximum atomic E-state index is 5.60. The van der Waals surface area contributed by atoms with Crippen LogP contribution in [0.4, 0.5) is 0 Å². The fraction of sp³-hybridized carbons (Fsp3) is 1.00. The fourth-order valence-corrected chi connectivity index (χ4v) is 0.677. The Morgan fingerprint density at radius 1 is 1.50 bits per heavy atom.